The molecule has 2 saturated heterocycles. The summed E-state index contributed by atoms with van der Waals surface area (Å²) in [5, 5.41) is 2.86. The molecule has 2 aliphatic heterocycles. The minimum atomic E-state index is -0.142. The molecular formula is C18H26N4O3. The average molecular weight is 346 g/mol. The fourth-order valence-corrected chi connectivity index (χ4v) is 3.28. The number of ether oxygens (including phenoxy) is 1. The topological polar surface area (TPSA) is 84.4 Å². The van der Waals surface area contributed by atoms with E-state index in [2.05, 4.69) is 15.3 Å². The van der Waals surface area contributed by atoms with E-state index in [9.17, 15) is 9.59 Å². The van der Waals surface area contributed by atoms with Crippen molar-refractivity contribution in [2.24, 2.45) is 0 Å². The molecule has 25 heavy (non-hydrogen) atoms. The molecule has 136 valence electrons. The summed E-state index contributed by atoms with van der Waals surface area (Å²) in [6.45, 7) is 2.62. The van der Waals surface area contributed by atoms with Crippen molar-refractivity contribution in [3.8, 4) is 0 Å². The van der Waals surface area contributed by atoms with Crippen molar-refractivity contribution in [2.45, 2.75) is 51.0 Å². The first-order chi connectivity index (χ1) is 12.2. The summed E-state index contributed by atoms with van der Waals surface area (Å²) in [4.78, 5) is 34.7. The van der Waals surface area contributed by atoms with Gasteiger partial charge in [-0.3, -0.25) is 9.59 Å². The van der Waals surface area contributed by atoms with Crippen molar-refractivity contribution < 1.29 is 14.3 Å². The normalized spacial score (nSPS) is 21.7. The second-order valence-corrected chi connectivity index (χ2v) is 6.72. The molecule has 1 N–H and O–H groups in total. The highest BCUT2D eigenvalue weighted by molar-refractivity contribution is 5.84. The molecule has 0 aromatic carbocycles. The zero-order chi connectivity index (χ0) is 17.5. The molecule has 0 radical (unpaired) electrons. The maximum atomic E-state index is 12.2. The number of hydrogen-bond donors (Lipinski definition) is 1. The monoisotopic (exact) mass is 346 g/mol. The van der Waals surface area contributed by atoms with E-state index in [0.717, 1.165) is 50.2 Å². The lowest BCUT2D eigenvalue weighted by Crippen LogP contribution is -2.40. The van der Waals surface area contributed by atoms with Crippen LogP contribution in [-0.4, -0.2) is 53.0 Å². The Morgan fingerprint density at radius 3 is 3.08 bits per heavy atom. The van der Waals surface area contributed by atoms with Crippen molar-refractivity contribution in [3.63, 3.8) is 0 Å². The van der Waals surface area contributed by atoms with Crippen LogP contribution in [0.25, 0.3) is 0 Å². The van der Waals surface area contributed by atoms with E-state index in [1.54, 1.807) is 11.1 Å². The number of likely N-dealkylation sites (tertiary alicyclic amines) is 1. The van der Waals surface area contributed by atoms with E-state index in [1.165, 1.54) is 0 Å². The van der Waals surface area contributed by atoms with Crippen LogP contribution in [0.15, 0.2) is 12.3 Å². The van der Waals surface area contributed by atoms with Gasteiger partial charge in [-0.2, -0.15) is 0 Å². The van der Waals surface area contributed by atoms with Crippen molar-refractivity contribution in [2.75, 3.05) is 26.3 Å². The van der Waals surface area contributed by atoms with Crippen LogP contribution in [0.1, 0.15) is 56.0 Å². The van der Waals surface area contributed by atoms with Crippen molar-refractivity contribution >= 4 is 11.8 Å². The first-order valence-corrected chi connectivity index (χ1v) is 9.16. The largest absolute Gasteiger partial charge is 0.381 e. The molecule has 0 aliphatic carbocycles. The summed E-state index contributed by atoms with van der Waals surface area (Å²) >= 11 is 0. The molecule has 7 heteroatoms. The second kappa shape index (κ2) is 8.89. The van der Waals surface area contributed by atoms with Crippen molar-refractivity contribution in [3.05, 3.63) is 23.8 Å². The van der Waals surface area contributed by atoms with Gasteiger partial charge in [0.25, 0.3) is 0 Å². The van der Waals surface area contributed by atoms with Gasteiger partial charge in [0, 0.05) is 31.7 Å². The first-order valence-electron chi connectivity index (χ1n) is 9.16. The summed E-state index contributed by atoms with van der Waals surface area (Å²) in [5.41, 5.74) is 0.783. The van der Waals surface area contributed by atoms with E-state index in [-0.39, 0.29) is 24.3 Å². The summed E-state index contributed by atoms with van der Waals surface area (Å²) in [5.74, 6) is 0.957. The standard InChI is InChI=1S/C18H26N4O3/c23-16(12-22-9-3-1-2-6-17(22)24)20-11-15-7-8-19-18(21-15)14-5-4-10-25-13-14/h7-8,14H,1-6,9-13H2,(H,20,23)/t14-/m1/s1. The lowest BCUT2D eigenvalue weighted by Gasteiger charge is -2.21. The molecule has 0 unspecified atom stereocenters. The number of rotatable bonds is 5. The molecule has 0 saturated carbocycles. The van der Waals surface area contributed by atoms with E-state index in [4.69, 9.17) is 4.74 Å². The van der Waals surface area contributed by atoms with Gasteiger partial charge in [-0.1, -0.05) is 6.42 Å². The van der Waals surface area contributed by atoms with Crippen LogP contribution < -0.4 is 5.32 Å². The smallest absolute Gasteiger partial charge is 0.239 e. The molecule has 7 nitrogen and oxygen atoms in total. The zero-order valence-corrected chi connectivity index (χ0v) is 14.6. The lowest BCUT2D eigenvalue weighted by atomic mass is 10.0. The average Bonchev–Trinajstić information content (AvgIpc) is 2.85. The first kappa shape index (κ1) is 17.8. The maximum absolute atomic E-state index is 12.2. The fraction of sp³-hybridized carbons (Fsp3) is 0.667. The maximum Gasteiger partial charge on any atom is 0.239 e. The number of carbonyl (C=O) groups is 2. The molecule has 0 bridgehead atoms. The van der Waals surface area contributed by atoms with Crippen LogP contribution in [0.5, 0.6) is 0 Å². The number of nitrogens with one attached hydrogen (secondary N) is 1. The third-order valence-electron chi connectivity index (χ3n) is 4.73. The molecule has 1 aromatic heterocycles. The summed E-state index contributed by atoms with van der Waals surface area (Å²) in [7, 11) is 0. The van der Waals surface area contributed by atoms with Gasteiger partial charge in [-0.05, 0) is 31.7 Å². The molecule has 1 atom stereocenters. The predicted octanol–water partition coefficient (Wildman–Crippen LogP) is 1.39. The SMILES string of the molecule is O=C(CN1CCCCCC1=O)NCc1ccnc([C@@H]2CCCOC2)n1. The highest BCUT2D eigenvalue weighted by atomic mass is 16.5. The van der Waals surface area contributed by atoms with E-state index >= 15 is 0 Å². The van der Waals surface area contributed by atoms with Crippen LogP contribution in [0.2, 0.25) is 0 Å². The lowest BCUT2D eigenvalue weighted by molar-refractivity contribution is -0.135. The van der Waals surface area contributed by atoms with Gasteiger partial charge in [0.15, 0.2) is 0 Å². The number of amides is 2. The number of hydrogen-bond acceptors (Lipinski definition) is 5. The minimum absolute atomic E-state index is 0.0780. The van der Waals surface area contributed by atoms with Gasteiger partial charge >= 0.3 is 0 Å². The van der Waals surface area contributed by atoms with Crippen molar-refractivity contribution in [1.82, 2.24) is 20.2 Å². The van der Waals surface area contributed by atoms with Gasteiger partial charge in [-0.15, -0.1) is 0 Å². The van der Waals surface area contributed by atoms with Crippen LogP contribution in [0.3, 0.4) is 0 Å². The molecule has 3 heterocycles. The van der Waals surface area contributed by atoms with Crippen LogP contribution in [0, 0.1) is 0 Å². The molecule has 1 aromatic rings. The highest BCUT2D eigenvalue weighted by Gasteiger charge is 2.20. The predicted molar refractivity (Wildman–Crippen MR) is 91.7 cm³/mol. The Morgan fingerprint density at radius 1 is 1.32 bits per heavy atom. The third-order valence-corrected chi connectivity index (χ3v) is 4.73. The van der Waals surface area contributed by atoms with Crippen LogP contribution in [0.4, 0.5) is 0 Å². The zero-order valence-electron chi connectivity index (χ0n) is 14.6. The highest BCUT2D eigenvalue weighted by Crippen LogP contribution is 2.22. The molecule has 2 aliphatic rings. The van der Waals surface area contributed by atoms with Crippen LogP contribution in [-0.2, 0) is 20.9 Å². The molecular weight excluding hydrogens is 320 g/mol. The van der Waals surface area contributed by atoms with Gasteiger partial charge in [0.1, 0.15) is 5.82 Å². The van der Waals surface area contributed by atoms with Crippen LogP contribution >= 0.6 is 0 Å². The summed E-state index contributed by atoms with van der Waals surface area (Å²) in [6, 6.07) is 1.81. The molecule has 2 fully saturated rings. The molecule has 2 amide bonds. The fourth-order valence-electron chi connectivity index (χ4n) is 3.28. The van der Waals surface area contributed by atoms with Crippen molar-refractivity contribution in [1.29, 1.82) is 0 Å². The Labute approximate surface area is 148 Å². The molecule has 3 rings (SSSR count). The Bertz CT molecular complexity index is 602. The summed E-state index contributed by atoms with van der Waals surface area (Å²) < 4.78 is 5.49. The quantitative estimate of drug-likeness (QED) is 0.871. The van der Waals surface area contributed by atoms with E-state index in [1.807, 2.05) is 6.07 Å². The minimum Gasteiger partial charge on any atom is -0.381 e. The summed E-state index contributed by atoms with van der Waals surface area (Å²) in [6.07, 6.45) is 7.29. The molecule has 0 spiro atoms. The second-order valence-electron chi connectivity index (χ2n) is 6.72. The van der Waals surface area contributed by atoms with Gasteiger partial charge in [0.05, 0.1) is 25.4 Å². The number of aromatic nitrogens is 2. The van der Waals surface area contributed by atoms with E-state index in [0.29, 0.717) is 26.1 Å². The Hall–Kier alpha value is -2.02. The Morgan fingerprint density at radius 2 is 2.24 bits per heavy atom. The Balaban J connectivity index is 1.50. The van der Waals surface area contributed by atoms with Gasteiger partial charge < -0.3 is 15.0 Å². The van der Waals surface area contributed by atoms with E-state index < -0.39 is 0 Å². The third kappa shape index (κ3) is 5.22. The van der Waals surface area contributed by atoms with Gasteiger partial charge in [0.2, 0.25) is 11.8 Å². The number of nitrogens with zero attached hydrogens (tertiary/aromatic N) is 3. The Kier molecular flexibility index (Phi) is 6.33. The van der Waals surface area contributed by atoms with Gasteiger partial charge in [-0.25, -0.2) is 9.97 Å². The number of carbonyl (C=O) groups excluding carboxylic acids is 2.